The number of carbonyl (C=O) groups is 2. The zero-order valence-corrected chi connectivity index (χ0v) is 11.7. The summed E-state index contributed by atoms with van der Waals surface area (Å²) in [6, 6.07) is 0. The number of amides is 1. The summed E-state index contributed by atoms with van der Waals surface area (Å²) in [6.45, 7) is 8.93. The molecule has 0 aromatic carbocycles. The van der Waals surface area contributed by atoms with E-state index in [1.165, 1.54) is 0 Å². The normalized spacial score (nSPS) is 24.1. The summed E-state index contributed by atoms with van der Waals surface area (Å²) >= 11 is 0. The molecule has 1 heterocycles. The first-order valence-electron chi connectivity index (χ1n) is 6.37. The van der Waals surface area contributed by atoms with Crippen molar-refractivity contribution in [2.45, 2.75) is 51.7 Å². The van der Waals surface area contributed by atoms with Crippen LogP contribution in [0.15, 0.2) is 0 Å². The van der Waals surface area contributed by atoms with Crippen LogP contribution in [0.1, 0.15) is 40.5 Å². The minimum Gasteiger partial charge on any atom is -0.444 e. The van der Waals surface area contributed by atoms with Crippen LogP contribution in [-0.4, -0.2) is 48.2 Å². The van der Waals surface area contributed by atoms with Crippen LogP contribution >= 0.6 is 0 Å². The van der Waals surface area contributed by atoms with Crippen LogP contribution in [0.25, 0.3) is 0 Å². The summed E-state index contributed by atoms with van der Waals surface area (Å²) in [5, 5.41) is 0. The van der Waals surface area contributed by atoms with Crippen molar-refractivity contribution in [3.63, 3.8) is 0 Å². The van der Waals surface area contributed by atoms with Gasteiger partial charge in [-0.05, 0) is 34.1 Å². The SMILES string of the molecule is CCOC1(CC=O)CCN(C(=O)OC(C)(C)C)C1. The van der Waals surface area contributed by atoms with Gasteiger partial charge in [-0.2, -0.15) is 0 Å². The van der Waals surface area contributed by atoms with Gasteiger partial charge in [0.25, 0.3) is 0 Å². The fourth-order valence-electron chi connectivity index (χ4n) is 2.13. The third-order valence-electron chi connectivity index (χ3n) is 2.87. The Kier molecular flexibility index (Phi) is 4.73. The van der Waals surface area contributed by atoms with Gasteiger partial charge in [0.2, 0.25) is 0 Å². The monoisotopic (exact) mass is 257 g/mol. The highest BCUT2D eigenvalue weighted by molar-refractivity contribution is 5.69. The summed E-state index contributed by atoms with van der Waals surface area (Å²) in [6.07, 6.45) is 1.52. The Hall–Kier alpha value is -1.10. The molecule has 5 nitrogen and oxygen atoms in total. The van der Waals surface area contributed by atoms with Crippen LogP contribution in [0.2, 0.25) is 0 Å². The summed E-state index contributed by atoms with van der Waals surface area (Å²) in [4.78, 5) is 24.3. The molecular formula is C13H23NO4. The van der Waals surface area contributed by atoms with Crippen molar-refractivity contribution >= 4 is 12.4 Å². The number of hydrogen-bond donors (Lipinski definition) is 0. The second kappa shape index (κ2) is 5.69. The van der Waals surface area contributed by atoms with Gasteiger partial charge in [-0.25, -0.2) is 4.79 Å². The molecule has 1 aliphatic heterocycles. The summed E-state index contributed by atoms with van der Waals surface area (Å²) < 4.78 is 11.0. The van der Waals surface area contributed by atoms with E-state index in [0.29, 0.717) is 32.5 Å². The topological polar surface area (TPSA) is 55.8 Å². The molecule has 1 atom stereocenters. The van der Waals surface area contributed by atoms with E-state index in [1.807, 2.05) is 27.7 Å². The standard InChI is InChI=1S/C13H23NO4/c1-5-17-13(7-9-15)6-8-14(10-13)11(16)18-12(2,3)4/h9H,5-8,10H2,1-4H3. The van der Waals surface area contributed by atoms with Gasteiger partial charge in [0, 0.05) is 19.6 Å². The van der Waals surface area contributed by atoms with Gasteiger partial charge in [-0.15, -0.1) is 0 Å². The molecule has 0 saturated carbocycles. The molecular weight excluding hydrogens is 234 g/mol. The zero-order chi connectivity index (χ0) is 13.8. The first kappa shape index (κ1) is 15.0. The molecule has 18 heavy (non-hydrogen) atoms. The number of aldehydes is 1. The molecule has 0 aliphatic carbocycles. The molecule has 0 bridgehead atoms. The Balaban J connectivity index is 2.63. The van der Waals surface area contributed by atoms with Crippen molar-refractivity contribution in [1.29, 1.82) is 0 Å². The Morgan fingerprint density at radius 2 is 2.11 bits per heavy atom. The highest BCUT2D eigenvalue weighted by Crippen LogP contribution is 2.29. The zero-order valence-electron chi connectivity index (χ0n) is 11.7. The summed E-state index contributed by atoms with van der Waals surface area (Å²) in [7, 11) is 0. The highest BCUT2D eigenvalue weighted by Gasteiger charge is 2.41. The molecule has 1 aliphatic rings. The van der Waals surface area contributed by atoms with Crippen LogP contribution < -0.4 is 0 Å². The third-order valence-corrected chi connectivity index (χ3v) is 2.87. The second-order valence-corrected chi connectivity index (χ2v) is 5.64. The average molecular weight is 257 g/mol. The van der Waals surface area contributed by atoms with Gasteiger partial charge >= 0.3 is 6.09 Å². The number of rotatable bonds is 4. The molecule has 1 rings (SSSR count). The molecule has 0 aromatic rings. The molecule has 104 valence electrons. The smallest absolute Gasteiger partial charge is 0.410 e. The van der Waals surface area contributed by atoms with Gasteiger partial charge in [0.15, 0.2) is 0 Å². The van der Waals surface area contributed by atoms with Crippen molar-refractivity contribution in [3.05, 3.63) is 0 Å². The lowest BCUT2D eigenvalue weighted by atomic mass is 9.99. The quantitative estimate of drug-likeness (QED) is 0.723. The van der Waals surface area contributed by atoms with E-state index in [0.717, 1.165) is 6.29 Å². The van der Waals surface area contributed by atoms with E-state index in [1.54, 1.807) is 4.90 Å². The minimum absolute atomic E-state index is 0.320. The molecule has 1 unspecified atom stereocenters. The minimum atomic E-state index is -0.520. The van der Waals surface area contributed by atoms with E-state index in [4.69, 9.17) is 9.47 Å². The fraction of sp³-hybridized carbons (Fsp3) is 0.846. The maximum absolute atomic E-state index is 11.9. The molecule has 1 fully saturated rings. The van der Waals surface area contributed by atoms with Gasteiger partial charge < -0.3 is 19.2 Å². The molecule has 0 radical (unpaired) electrons. The van der Waals surface area contributed by atoms with E-state index in [2.05, 4.69) is 0 Å². The lowest BCUT2D eigenvalue weighted by molar-refractivity contribution is -0.115. The molecule has 1 amide bonds. The van der Waals surface area contributed by atoms with Gasteiger partial charge in [-0.1, -0.05) is 0 Å². The Labute approximate surface area is 108 Å². The molecule has 0 spiro atoms. The Morgan fingerprint density at radius 1 is 1.44 bits per heavy atom. The third kappa shape index (κ3) is 3.98. The van der Waals surface area contributed by atoms with E-state index in [9.17, 15) is 9.59 Å². The van der Waals surface area contributed by atoms with Crippen molar-refractivity contribution in [1.82, 2.24) is 4.90 Å². The van der Waals surface area contributed by atoms with Crippen LogP contribution in [-0.2, 0) is 14.3 Å². The van der Waals surface area contributed by atoms with E-state index < -0.39 is 11.2 Å². The first-order valence-corrected chi connectivity index (χ1v) is 6.37. The number of hydrogen-bond acceptors (Lipinski definition) is 4. The highest BCUT2D eigenvalue weighted by atomic mass is 16.6. The van der Waals surface area contributed by atoms with Gasteiger partial charge in [0.05, 0.1) is 12.1 Å². The van der Waals surface area contributed by atoms with Gasteiger partial charge in [0.1, 0.15) is 11.9 Å². The maximum atomic E-state index is 11.9. The lowest BCUT2D eigenvalue weighted by Gasteiger charge is -2.28. The van der Waals surface area contributed by atoms with Crippen molar-refractivity contribution in [2.75, 3.05) is 19.7 Å². The van der Waals surface area contributed by atoms with Gasteiger partial charge in [-0.3, -0.25) is 0 Å². The Bertz CT molecular complexity index is 311. The molecule has 0 N–H and O–H groups in total. The summed E-state index contributed by atoms with van der Waals surface area (Å²) in [5.74, 6) is 0. The van der Waals surface area contributed by atoms with E-state index >= 15 is 0 Å². The summed E-state index contributed by atoms with van der Waals surface area (Å²) in [5.41, 5.74) is -1.02. The number of nitrogens with zero attached hydrogens (tertiary/aromatic N) is 1. The largest absolute Gasteiger partial charge is 0.444 e. The molecule has 5 heteroatoms. The lowest BCUT2D eigenvalue weighted by Crippen LogP contribution is -2.40. The predicted octanol–water partition coefficient (Wildman–Crippen LogP) is 1.99. The maximum Gasteiger partial charge on any atom is 0.410 e. The van der Waals surface area contributed by atoms with Crippen LogP contribution in [0.3, 0.4) is 0 Å². The van der Waals surface area contributed by atoms with Crippen LogP contribution in [0.4, 0.5) is 4.79 Å². The van der Waals surface area contributed by atoms with Crippen molar-refractivity contribution in [2.24, 2.45) is 0 Å². The number of ether oxygens (including phenoxy) is 2. The van der Waals surface area contributed by atoms with Crippen LogP contribution in [0.5, 0.6) is 0 Å². The second-order valence-electron chi connectivity index (χ2n) is 5.64. The number of carbonyl (C=O) groups excluding carboxylic acids is 2. The number of likely N-dealkylation sites (tertiary alicyclic amines) is 1. The fourth-order valence-corrected chi connectivity index (χ4v) is 2.13. The van der Waals surface area contributed by atoms with Crippen molar-refractivity contribution in [3.8, 4) is 0 Å². The Morgan fingerprint density at radius 3 is 2.61 bits per heavy atom. The van der Waals surface area contributed by atoms with E-state index in [-0.39, 0.29) is 6.09 Å². The first-order chi connectivity index (χ1) is 8.32. The predicted molar refractivity (Wildman–Crippen MR) is 67.5 cm³/mol. The van der Waals surface area contributed by atoms with Crippen LogP contribution in [0, 0.1) is 0 Å². The average Bonchev–Trinajstić information content (AvgIpc) is 2.61. The molecule has 1 saturated heterocycles. The van der Waals surface area contributed by atoms with Crippen molar-refractivity contribution < 1.29 is 19.1 Å². The molecule has 0 aromatic heterocycles.